The van der Waals surface area contributed by atoms with Crippen molar-refractivity contribution in [2.75, 3.05) is 0 Å². The van der Waals surface area contributed by atoms with Crippen LogP contribution in [0.15, 0.2) is 42.0 Å². The molecule has 1 aliphatic rings. The largest absolute Gasteiger partial charge is 0.481 e. The fraction of sp³-hybridized carbons (Fsp3) is 0.400. The minimum absolute atomic E-state index is 0.235. The number of rotatable bonds is 3. The van der Waals surface area contributed by atoms with Crippen LogP contribution in [0.5, 0.6) is 0 Å². The molecule has 0 radical (unpaired) electrons. The van der Waals surface area contributed by atoms with Gasteiger partial charge in [0.2, 0.25) is 0 Å². The first kappa shape index (κ1) is 11.9. The molecule has 1 aromatic carbocycles. The Morgan fingerprint density at radius 3 is 2.71 bits per heavy atom. The van der Waals surface area contributed by atoms with Crippen LogP contribution in [-0.2, 0) is 4.79 Å². The van der Waals surface area contributed by atoms with Gasteiger partial charge in [-0.1, -0.05) is 42.0 Å². The molecular formula is C15H18O2. The maximum atomic E-state index is 10.9. The molecule has 0 unspecified atom stereocenters. The van der Waals surface area contributed by atoms with E-state index in [2.05, 4.69) is 25.1 Å². The molecule has 2 heteroatoms. The van der Waals surface area contributed by atoms with E-state index in [1.165, 1.54) is 11.1 Å². The maximum Gasteiger partial charge on any atom is 0.303 e. The molecule has 2 atom stereocenters. The van der Waals surface area contributed by atoms with Gasteiger partial charge in [-0.15, -0.1) is 0 Å². The van der Waals surface area contributed by atoms with E-state index in [1.54, 1.807) is 0 Å². The van der Waals surface area contributed by atoms with E-state index < -0.39 is 5.97 Å². The molecule has 0 spiro atoms. The Kier molecular flexibility index (Phi) is 3.62. The van der Waals surface area contributed by atoms with Crippen molar-refractivity contribution < 1.29 is 9.90 Å². The molecule has 0 heterocycles. The highest BCUT2D eigenvalue weighted by Gasteiger charge is 2.27. The number of allylic oxidation sites excluding steroid dienone is 2. The van der Waals surface area contributed by atoms with Gasteiger partial charge in [-0.2, -0.15) is 0 Å². The molecule has 2 rings (SSSR count). The average molecular weight is 230 g/mol. The van der Waals surface area contributed by atoms with Crippen molar-refractivity contribution in [3.05, 3.63) is 47.5 Å². The maximum absolute atomic E-state index is 10.9. The van der Waals surface area contributed by atoms with E-state index in [0.29, 0.717) is 5.92 Å². The highest BCUT2D eigenvalue weighted by atomic mass is 16.4. The Balaban J connectivity index is 2.22. The van der Waals surface area contributed by atoms with E-state index in [0.717, 1.165) is 12.8 Å². The lowest BCUT2D eigenvalue weighted by atomic mass is 9.74. The SMILES string of the molecule is CC1=CC[C@H](CC(=O)O)[C@@H](c2ccccc2)C1. The Bertz CT molecular complexity index is 420. The first-order valence-corrected chi connectivity index (χ1v) is 6.09. The summed E-state index contributed by atoms with van der Waals surface area (Å²) in [6, 6.07) is 10.3. The van der Waals surface area contributed by atoms with Gasteiger partial charge in [-0.25, -0.2) is 0 Å². The molecule has 2 nitrogen and oxygen atoms in total. The normalized spacial score (nSPS) is 24.2. The predicted molar refractivity (Wildman–Crippen MR) is 67.9 cm³/mol. The van der Waals surface area contributed by atoms with Crippen LogP contribution in [-0.4, -0.2) is 11.1 Å². The topological polar surface area (TPSA) is 37.3 Å². The number of benzene rings is 1. The zero-order valence-corrected chi connectivity index (χ0v) is 10.1. The first-order valence-electron chi connectivity index (χ1n) is 6.09. The van der Waals surface area contributed by atoms with Gasteiger partial charge >= 0.3 is 5.97 Å². The Morgan fingerprint density at radius 2 is 2.06 bits per heavy atom. The fourth-order valence-corrected chi connectivity index (χ4v) is 2.65. The highest BCUT2D eigenvalue weighted by Crippen LogP contribution is 2.39. The second-order valence-corrected chi connectivity index (χ2v) is 4.87. The van der Waals surface area contributed by atoms with Gasteiger partial charge in [0.15, 0.2) is 0 Å². The monoisotopic (exact) mass is 230 g/mol. The standard InChI is InChI=1S/C15H18O2/c1-11-7-8-13(10-15(16)17)14(9-11)12-5-3-2-4-6-12/h2-7,13-14H,8-10H2,1H3,(H,16,17)/t13-,14-/m1/s1. The molecule has 0 saturated carbocycles. The third-order valence-electron chi connectivity index (χ3n) is 3.54. The summed E-state index contributed by atoms with van der Waals surface area (Å²) in [6.07, 6.45) is 4.33. The number of carboxylic acids is 1. The van der Waals surface area contributed by atoms with Crippen LogP contribution in [0.25, 0.3) is 0 Å². The zero-order valence-electron chi connectivity index (χ0n) is 10.1. The fourth-order valence-electron chi connectivity index (χ4n) is 2.65. The second-order valence-electron chi connectivity index (χ2n) is 4.87. The van der Waals surface area contributed by atoms with E-state index in [1.807, 2.05) is 18.2 Å². The molecule has 1 aromatic rings. The quantitative estimate of drug-likeness (QED) is 0.805. The molecule has 1 N–H and O–H groups in total. The van der Waals surface area contributed by atoms with Crippen LogP contribution in [0.4, 0.5) is 0 Å². The number of hydrogen-bond acceptors (Lipinski definition) is 1. The summed E-state index contributed by atoms with van der Waals surface area (Å²) in [5.74, 6) is -0.0974. The van der Waals surface area contributed by atoms with Crippen molar-refractivity contribution >= 4 is 5.97 Å². The lowest BCUT2D eigenvalue weighted by Crippen LogP contribution is -2.20. The van der Waals surface area contributed by atoms with Gasteiger partial charge in [0.25, 0.3) is 0 Å². The van der Waals surface area contributed by atoms with E-state index in [-0.39, 0.29) is 12.3 Å². The minimum atomic E-state index is -0.691. The van der Waals surface area contributed by atoms with E-state index in [9.17, 15) is 4.79 Å². The summed E-state index contributed by atoms with van der Waals surface area (Å²) in [5.41, 5.74) is 2.65. The average Bonchev–Trinajstić information content (AvgIpc) is 2.32. The first-order chi connectivity index (χ1) is 8.16. The molecule has 0 aliphatic heterocycles. The Hall–Kier alpha value is -1.57. The smallest absolute Gasteiger partial charge is 0.303 e. The summed E-state index contributed by atoms with van der Waals surface area (Å²) in [7, 11) is 0. The van der Waals surface area contributed by atoms with Crippen LogP contribution >= 0.6 is 0 Å². The number of carbonyl (C=O) groups is 1. The lowest BCUT2D eigenvalue weighted by Gasteiger charge is -2.30. The van der Waals surface area contributed by atoms with Crippen LogP contribution in [0.3, 0.4) is 0 Å². The number of hydrogen-bond donors (Lipinski definition) is 1. The van der Waals surface area contributed by atoms with E-state index in [4.69, 9.17) is 5.11 Å². The molecule has 0 aromatic heterocycles. The molecule has 1 aliphatic carbocycles. The number of carboxylic acid groups (broad SMARTS) is 1. The van der Waals surface area contributed by atoms with Crippen molar-refractivity contribution in [3.8, 4) is 0 Å². The summed E-state index contributed by atoms with van der Waals surface area (Å²) in [4.78, 5) is 10.9. The van der Waals surface area contributed by atoms with Crippen molar-refractivity contribution in [2.45, 2.75) is 32.1 Å². The third-order valence-corrected chi connectivity index (χ3v) is 3.54. The predicted octanol–water partition coefficient (Wildman–Crippen LogP) is 3.60. The molecule has 0 saturated heterocycles. The van der Waals surface area contributed by atoms with Crippen LogP contribution in [0.1, 0.15) is 37.7 Å². The van der Waals surface area contributed by atoms with Crippen molar-refractivity contribution in [3.63, 3.8) is 0 Å². The molecule has 0 bridgehead atoms. The number of aliphatic carboxylic acids is 1. The molecule has 90 valence electrons. The summed E-state index contributed by atoms with van der Waals surface area (Å²) >= 11 is 0. The second kappa shape index (κ2) is 5.17. The minimum Gasteiger partial charge on any atom is -0.481 e. The Labute approximate surface area is 102 Å². The Morgan fingerprint density at radius 1 is 1.35 bits per heavy atom. The van der Waals surface area contributed by atoms with Crippen LogP contribution in [0.2, 0.25) is 0 Å². The molecular weight excluding hydrogens is 212 g/mol. The summed E-state index contributed by atoms with van der Waals surface area (Å²) in [5, 5.41) is 8.98. The van der Waals surface area contributed by atoms with Gasteiger partial charge in [0.1, 0.15) is 0 Å². The molecule has 17 heavy (non-hydrogen) atoms. The third kappa shape index (κ3) is 2.96. The highest BCUT2D eigenvalue weighted by molar-refractivity contribution is 5.67. The molecule has 0 fully saturated rings. The van der Waals surface area contributed by atoms with E-state index >= 15 is 0 Å². The van der Waals surface area contributed by atoms with Gasteiger partial charge in [-0.3, -0.25) is 4.79 Å². The summed E-state index contributed by atoms with van der Waals surface area (Å²) < 4.78 is 0. The van der Waals surface area contributed by atoms with Gasteiger partial charge in [-0.05, 0) is 37.2 Å². The van der Waals surface area contributed by atoms with Crippen molar-refractivity contribution in [1.29, 1.82) is 0 Å². The van der Waals surface area contributed by atoms with Gasteiger partial charge < -0.3 is 5.11 Å². The van der Waals surface area contributed by atoms with Gasteiger partial charge in [0.05, 0.1) is 0 Å². The van der Waals surface area contributed by atoms with Crippen LogP contribution < -0.4 is 0 Å². The van der Waals surface area contributed by atoms with Gasteiger partial charge in [0, 0.05) is 6.42 Å². The van der Waals surface area contributed by atoms with Crippen molar-refractivity contribution in [2.24, 2.45) is 5.92 Å². The summed E-state index contributed by atoms with van der Waals surface area (Å²) in [6.45, 7) is 2.13. The zero-order chi connectivity index (χ0) is 12.3. The molecule has 0 amide bonds. The van der Waals surface area contributed by atoms with Crippen LogP contribution in [0, 0.1) is 5.92 Å². The van der Waals surface area contributed by atoms with Crippen molar-refractivity contribution in [1.82, 2.24) is 0 Å². The lowest BCUT2D eigenvalue weighted by molar-refractivity contribution is -0.138.